The van der Waals surface area contributed by atoms with Crippen molar-refractivity contribution in [2.75, 3.05) is 6.61 Å². The van der Waals surface area contributed by atoms with Crippen molar-refractivity contribution in [3.63, 3.8) is 0 Å². The SMILES string of the molecule is CCOC(=O)C1=C(C)N=c2s/c(=C/c3cnn(CC)c3)c(=O)n2C1c1ccc(Br)cc1. The molecule has 1 aliphatic rings. The van der Waals surface area contributed by atoms with Gasteiger partial charge in [-0.3, -0.25) is 14.0 Å². The molecule has 0 bridgehead atoms. The van der Waals surface area contributed by atoms with Gasteiger partial charge in [-0.1, -0.05) is 39.4 Å². The highest BCUT2D eigenvalue weighted by Crippen LogP contribution is 2.31. The van der Waals surface area contributed by atoms with E-state index in [-0.39, 0.29) is 12.2 Å². The zero-order valence-corrected chi connectivity index (χ0v) is 19.7. The average molecular weight is 501 g/mol. The molecule has 4 rings (SSSR count). The van der Waals surface area contributed by atoms with Crippen LogP contribution in [0.4, 0.5) is 0 Å². The number of ether oxygens (including phenoxy) is 1. The molecule has 1 aromatic carbocycles. The van der Waals surface area contributed by atoms with Gasteiger partial charge >= 0.3 is 5.97 Å². The van der Waals surface area contributed by atoms with Gasteiger partial charge in [0.15, 0.2) is 4.80 Å². The number of thiazole rings is 1. The second-order valence-electron chi connectivity index (χ2n) is 6.98. The van der Waals surface area contributed by atoms with Gasteiger partial charge in [0, 0.05) is 22.8 Å². The first kappa shape index (κ1) is 21.5. The predicted octanol–water partition coefficient (Wildman–Crippen LogP) is 2.78. The van der Waals surface area contributed by atoms with Gasteiger partial charge < -0.3 is 4.74 Å². The van der Waals surface area contributed by atoms with E-state index in [9.17, 15) is 9.59 Å². The molecule has 1 aliphatic heterocycles. The van der Waals surface area contributed by atoms with Gasteiger partial charge in [0.1, 0.15) is 0 Å². The summed E-state index contributed by atoms with van der Waals surface area (Å²) in [7, 11) is 0. The van der Waals surface area contributed by atoms with Crippen molar-refractivity contribution >= 4 is 39.3 Å². The molecule has 160 valence electrons. The molecular formula is C22H21BrN4O3S. The van der Waals surface area contributed by atoms with E-state index in [0.717, 1.165) is 22.1 Å². The number of carbonyl (C=O) groups is 1. The predicted molar refractivity (Wildman–Crippen MR) is 122 cm³/mol. The Bertz CT molecular complexity index is 1350. The Kier molecular flexibility index (Phi) is 6.06. The Hall–Kier alpha value is -2.78. The molecule has 0 saturated heterocycles. The van der Waals surface area contributed by atoms with Crippen LogP contribution in [0.1, 0.15) is 37.9 Å². The van der Waals surface area contributed by atoms with Crippen molar-refractivity contribution in [1.82, 2.24) is 14.3 Å². The molecule has 3 heterocycles. The summed E-state index contributed by atoms with van der Waals surface area (Å²) >= 11 is 4.75. The topological polar surface area (TPSA) is 78.5 Å². The maximum atomic E-state index is 13.4. The molecule has 0 spiro atoms. The van der Waals surface area contributed by atoms with E-state index in [1.165, 1.54) is 11.3 Å². The summed E-state index contributed by atoms with van der Waals surface area (Å²) in [6, 6.07) is 6.97. The van der Waals surface area contributed by atoms with Crippen molar-refractivity contribution in [2.24, 2.45) is 4.99 Å². The number of nitrogens with zero attached hydrogens (tertiary/aromatic N) is 4. The number of esters is 1. The Morgan fingerprint density at radius 3 is 2.68 bits per heavy atom. The largest absolute Gasteiger partial charge is 0.463 e. The van der Waals surface area contributed by atoms with Crippen molar-refractivity contribution < 1.29 is 9.53 Å². The van der Waals surface area contributed by atoms with E-state index in [1.54, 1.807) is 29.3 Å². The molecule has 31 heavy (non-hydrogen) atoms. The summed E-state index contributed by atoms with van der Waals surface area (Å²) in [6.07, 6.45) is 5.42. The number of aromatic nitrogens is 3. The molecule has 0 radical (unpaired) electrons. The normalized spacial score (nSPS) is 16.3. The summed E-state index contributed by atoms with van der Waals surface area (Å²) in [4.78, 5) is 31.4. The van der Waals surface area contributed by atoms with Crippen molar-refractivity contribution in [2.45, 2.75) is 33.4 Å². The second-order valence-corrected chi connectivity index (χ2v) is 8.91. The Labute approximate surface area is 191 Å². The molecule has 0 aliphatic carbocycles. The zero-order valence-electron chi connectivity index (χ0n) is 17.3. The molecule has 7 nitrogen and oxygen atoms in total. The van der Waals surface area contributed by atoms with Crippen LogP contribution >= 0.6 is 27.3 Å². The quantitative estimate of drug-likeness (QED) is 0.504. The third kappa shape index (κ3) is 4.07. The van der Waals surface area contributed by atoms with Crippen molar-refractivity contribution in [1.29, 1.82) is 0 Å². The highest BCUT2D eigenvalue weighted by molar-refractivity contribution is 9.10. The number of fused-ring (bicyclic) bond motifs is 1. The zero-order chi connectivity index (χ0) is 22.1. The highest BCUT2D eigenvalue weighted by atomic mass is 79.9. The minimum atomic E-state index is -0.607. The number of hydrogen-bond acceptors (Lipinski definition) is 6. The number of rotatable bonds is 5. The second kappa shape index (κ2) is 8.76. The number of aryl methyl sites for hydroxylation is 1. The number of carbonyl (C=O) groups excluding carboxylic acids is 1. The average Bonchev–Trinajstić information content (AvgIpc) is 3.32. The molecule has 0 amide bonds. The van der Waals surface area contributed by atoms with Crippen LogP contribution in [-0.2, 0) is 16.1 Å². The van der Waals surface area contributed by atoms with Crippen LogP contribution < -0.4 is 14.9 Å². The van der Waals surface area contributed by atoms with E-state index in [4.69, 9.17) is 4.74 Å². The lowest BCUT2D eigenvalue weighted by molar-refractivity contribution is -0.139. The van der Waals surface area contributed by atoms with Crippen LogP contribution in [0.2, 0.25) is 0 Å². The fourth-order valence-corrected chi connectivity index (χ4v) is 4.84. The van der Waals surface area contributed by atoms with Crippen LogP contribution in [0.25, 0.3) is 6.08 Å². The van der Waals surface area contributed by atoms with Crippen LogP contribution in [0.5, 0.6) is 0 Å². The van der Waals surface area contributed by atoms with Gasteiger partial charge in [0.05, 0.1) is 34.6 Å². The van der Waals surface area contributed by atoms with Gasteiger partial charge in [-0.05, 0) is 44.5 Å². The molecule has 2 aromatic heterocycles. The summed E-state index contributed by atoms with van der Waals surface area (Å²) < 4.78 is 10.1. The first-order valence-electron chi connectivity index (χ1n) is 9.90. The maximum absolute atomic E-state index is 13.4. The fraction of sp³-hybridized carbons (Fsp3) is 0.273. The molecule has 9 heteroatoms. The summed E-state index contributed by atoms with van der Waals surface area (Å²) in [6.45, 7) is 6.53. The van der Waals surface area contributed by atoms with Crippen molar-refractivity contribution in [3.05, 3.63) is 83.2 Å². The van der Waals surface area contributed by atoms with Crippen LogP contribution in [0, 0.1) is 0 Å². The first-order valence-corrected chi connectivity index (χ1v) is 11.5. The highest BCUT2D eigenvalue weighted by Gasteiger charge is 2.33. The van der Waals surface area contributed by atoms with E-state index >= 15 is 0 Å². The summed E-state index contributed by atoms with van der Waals surface area (Å²) in [5, 5.41) is 4.26. The smallest absolute Gasteiger partial charge is 0.338 e. The summed E-state index contributed by atoms with van der Waals surface area (Å²) in [5.74, 6) is -0.463. The van der Waals surface area contributed by atoms with Gasteiger partial charge in [-0.25, -0.2) is 9.79 Å². The third-order valence-corrected chi connectivity index (χ3v) is 6.49. The Balaban J connectivity index is 1.93. The number of halogens is 1. The fourth-order valence-electron chi connectivity index (χ4n) is 3.53. The van der Waals surface area contributed by atoms with Gasteiger partial charge in [-0.15, -0.1) is 0 Å². The third-order valence-electron chi connectivity index (χ3n) is 4.98. The van der Waals surface area contributed by atoms with E-state index in [0.29, 0.717) is 20.6 Å². The Morgan fingerprint density at radius 1 is 1.29 bits per heavy atom. The molecule has 1 unspecified atom stereocenters. The molecule has 3 aromatic rings. The molecular weight excluding hydrogens is 480 g/mol. The first-order chi connectivity index (χ1) is 14.9. The van der Waals surface area contributed by atoms with Gasteiger partial charge in [-0.2, -0.15) is 5.10 Å². The van der Waals surface area contributed by atoms with Gasteiger partial charge in [0.2, 0.25) is 0 Å². The van der Waals surface area contributed by atoms with E-state index in [2.05, 4.69) is 26.0 Å². The standard InChI is InChI=1S/C22H21BrN4O3S/c1-4-26-12-14(11-24-26)10-17-20(28)27-19(15-6-8-16(23)9-7-15)18(21(29)30-5-2)13(3)25-22(27)31-17/h6-12,19H,4-5H2,1-3H3/b17-10+. The molecule has 0 N–H and O–H groups in total. The minimum Gasteiger partial charge on any atom is -0.463 e. The van der Waals surface area contributed by atoms with Crippen LogP contribution in [-0.4, -0.2) is 26.9 Å². The Morgan fingerprint density at radius 2 is 2.03 bits per heavy atom. The molecule has 0 saturated carbocycles. The molecule has 0 fully saturated rings. The van der Waals surface area contributed by atoms with E-state index in [1.807, 2.05) is 43.5 Å². The van der Waals surface area contributed by atoms with Crippen molar-refractivity contribution in [3.8, 4) is 0 Å². The molecule has 1 atom stereocenters. The lowest BCUT2D eigenvalue weighted by Crippen LogP contribution is -2.39. The number of benzene rings is 1. The number of hydrogen-bond donors (Lipinski definition) is 0. The van der Waals surface area contributed by atoms with E-state index < -0.39 is 12.0 Å². The maximum Gasteiger partial charge on any atom is 0.338 e. The van der Waals surface area contributed by atoms with Gasteiger partial charge in [0.25, 0.3) is 5.56 Å². The monoisotopic (exact) mass is 500 g/mol. The number of allylic oxidation sites excluding steroid dienone is 1. The minimum absolute atomic E-state index is 0.199. The van der Waals surface area contributed by atoms with Crippen LogP contribution in [0.15, 0.2) is 62.2 Å². The lowest BCUT2D eigenvalue weighted by atomic mass is 9.96. The summed E-state index contributed by atoms with van der Waals surface area (Å²) in [5.41, 5.74) is 2.38. The lowest BCUT2D eigenvalue weighted by Gasteiger charge is -2.24. The van der Waals surface area contributed by atoms with Crippen LogP contribution in [0.3, 0.4) is 0 Å².